The van der Waals surface area contributed by atoms with Crippen molar-refractivity contribution in [2.24, 2.45) is 0 Å². The lowest BCUT2D eigenvalue weighted by Gasteiger charge is -2.26. The average Bonchev–Trinajstić information content (AvgIpc) is 3.04. The van der Waals surface area contributed by atoms with Crippen LogP contribution in [0.5, 0.6) is 5.75 Å². The zero-order valence-electron chi connectivity index (χ0n) is 24.5. The van der Waals surface area contributed by atoms with Crippen LogP contribution in [0.2, 0.25) is 0 Å². The van der Waals surface area contributed by atoms with Crippen LogP contribution < -0.4 is 19.1 Å². The molecule has 12 heteroatoms. The van der Waals surface area contributed by atoms with Crippen molar-refractivity contribution in [1.82, 2.24) is 0 Å². The van der Waals surface area contributed by atoms with Gasteiger partial charge in [-0.15, -0.1) is 11.8 Å². The molecule has 0 atom stereocenters. The number of nitrogens with one attached hydrogen (secondary N) is 2. The summed E-state index contributed by atoms with van der Waals surface area (Å²) in [6, 6.07) is 31.5. The van der Waals surface area contributed by atoms with Gasteiger partial charge >= 0.3 is 0 Å². The first-order valence-corrected chi connectivity index (χ1v) is 18.1. The minimum Gasteiger partial charge on any atom is -0.492 e. The van der Waals surface area contributed by atoms with E-state index in [-0.39, 0.29) is 15.5 Å². The Balaban J connectivity index is 1.37. The third-order valence-electron chi connectivity index (χ3n) is 6.85. The summed E-state index contributed by atoms with van der Waals surface area (Å²) in [6.07, 6.45) is 1.89. The molecular weight excluding hydrogens is 631 g/mol. The summed E-state index contributed by atoms with van der Waals surface area (Å²) >= 11 is 1.48. The number of amides is 1. The number of benzene rings is 5. The number of nitrogens with zero attached hydrogens (tertiary/aromatic N) is 1. The number of fused-ring (bicyclic) bond motifs is 1. The van der Waals surface area contributed by atoms with E-state index in [0.29, 0.717) is 23.7 Å². The van der Waals surface area contributed by atoms with Gasteiger partial charge in [0, 0.05) is 16.0 Å². The van der Waals surface area contributed by atoms with Gasteiger partial charge in [0.1, 0.15) is 12.3 Å². The topological polar surface area (TPSA) is 122 Å². The smallest absolute Gasteiger partial charge is 0.264 e. The largest absolute Gasteiger partial charge is 0.492 e. The van der Waals surface area contributed by atoms with Gasteiger partial charge in [0.2, 0.25) is 5.91 Å². The Kier molecular flexibility index (Phi) is 9.66. The van der Waals surface area contributed by atoms with E-state index >= 15 is 0 Å². The van der Waals surface area contributed by atoms with Gasteiger partial charge in [-0.05, 0) is 85.3 Å². The molecule has 5 aromatic carbocycles. The minimum atomic E-state index is -4.18. The number of hydrogen-bond acceptors (Lipinski definition) is 7. The van der Waals surface area contributed by atoms with E-state index < -0.39 is 32.5 Å². The summed E-state index contributed by atoms with van der Waals surface area (Å²) in [5, 5.41) is 4.34. The fourth-order valence-electron chi connectivity index (χ4n) is 4.68. The number of rotatable bonds is 12. The molecule has 0 aromatic heterocycles. The molecular formula is C33H31N3O6S3. The van der Waals surface area contributed by atoms with Gasteiger partial charge < -0.3 is 10.1 Å². The molecule has 5 rings (SSSR count). The predicted octanol–water partition coefficient (Wildman–Crippen LogP) is 6.60. The number of thioether (sulfide) groups is 1. The van der Waals surface area contributed by atoms with Gasteiger partial charge in [-0.2, -0.15) is 0 Å². The Labute approximate surface area is 267 Å². The first-order chi connectivity index (χ1) is 21.6. The van der Waals surface area contributed by atoms with E-state index in [0.717, 1.165) is 20.0 Å². The third kappa shape index (κ3) is 7.25. The molecule has 0 unspecified atom stereocenters. The highest BCUT2D eigenvalue weighted by molar-refractivity contribution is 7.98. The molecule has 1 amide bonds. The maximum atomic E-state index is 13.9. The Morgan fingerprint density at radius 3 is 2.13 bits per heavy atom. The van der Waals surface area contributed by atoms with Crippen LogP contribution in [0, 0.1) is 0 Å². The molecule has 5 aromatic rings. The first-order valence-electron chi connectivity index (χ1n) is 13.9. The number of carbonyl (C=O) groups is 1. The van der Waals surface area contributed by atoms with Crippen molar-refractivity contribution in [3.05, 3.63) is 115 Å². The number of anilines is 3. The quantitative estimate of drug-likeness (QED) is 0.145. The molecule has 0 saturated heterocycles. The van der Waals surface area contributed by atoms with Gasteiger partial charge in [0.15, 0.2) is 0 Å². The summed E-state index contributed by atoms with van der Waals surface area (Å²) in [4.78, 5) is 14.2. The Morgan fingerprint density at radius 2 is 1.42 bits per heavy atom. The summed E-state index contributed by atoms with van der Waals surface area (Å²) in [6.45, 7) is 1.52. The van der Waals surface area contributed by atoms with Crippen molar-refractivity contribution in [3.8, 4) is 5.75 Å². The molecule has 45 heavy (non-hydrogen) atoms. The standard InChI is InChI=1S/C33H31N3O6S3/c1-3-42-32-14-7-6-13-31(32)36(45(40,41)28-21-17-26(43-2)18-22-28)23-33(37)34-25-15-19-27(20-16-25)44(38,39)35-30-12-8-10-24-9-4-5-11-29(24)30/h4-22,35H,3,23H2,1-2H3,(H,34,37). The average molecular weight is 662 g/mol. The molecule has 0 radical (unpaired) electrons. The van der Waals surface area contributed by atoms with Crippen molar-refractivity contribution >= 4 is 65.6 Å². The lowest BCUT2D eigenvalue weighted by Crippen LogP contribution is -2.38. The molecule has 2 N–H and O–H groups in total. The lowest BCUT2D eigenvalue weighted by molar-refractivity contribution is -0.114. The van der Waals surface area contributed by atoms with Crippen molar-refractivity contribution < 1.29 is 26.4 Å². The van der Waals surface area contributed by atoms with Crippen LogP contribution >= 0.6 is 11.8 Å². The molecule has 0 aliphatic carbocycles. The van der Waals surface area contributed by atoms with Crippen LogP contribution in [0.15, 0.2) is 130 Å². The highest BCUT2D eigenvalue weighted by Gasteiger charge is 2.29. The SMILES string of the molecule is CCOc1ccccc1N(CC(=O)Nc1ccc(S(=O)(=O)Nc2cccc3ccccc23)cc1)S(=O)(=O)c1ccc(SC)cc1. The minimum absolute atomic E-state index is 0.00281. The van der Waals surface area contributed by atoms with Crippen molar-refractivity contribution in [2.45, 2.75) is 21.6 Å². The lowest BCUT2D eigenvalue weighted by atomic mass is 10.1. The van der Waals surface area contributed by atoms with Crippen LogP contribution in [0.4, 0.5) is 17.1 Å². The summed E-state index contributed by atoms with van der Waals surface area (Å²) in [7, 11) is -8.12. The number of carbonyl (C=O) groups excluding carboxylic acids is 1. The second-order valence-electron chi connectivity index (χ2n) is 9.79. The first kappa shape index (κ1) is 31.9. The van der Waals surface area contributed by atoms with E-state index in [1.165, 1.54) is 48.2 Å². The number of sulfonamides is 2. The monoisotopic (exact) mass is 661 g/mol. The van der Waals surface area contributed by atoms with Gasteiger partial charge in [-0.1, -0.05) is 48.5 Å². The molecule has 9 nitrogen and oxygen atoms in total. The summed E-state index contributed by atoms with van der Waals surface area (Å²) in [5.74, 6) is -0.319. The highest BCUT2D eigenvalue weighted by Crippen LogP contribution is 2.33. The summed E-state index contributed by atoms with van der Waals surface area (Å²) < 4.78 is 63.4. The normalized spacial score (nSPS) is 11.6. The Bertz CT molecular complexity index is 2030. The van der Waals surface area contributed by atoms with E-state index in [1.807, 2.05) is 36.6 Å². The second kappa shape index (κ2) is 13.6. The van der Waals surface area contributed by atoms with E-state index in [2.05, 4.69) is 10.0 Å². The fraction of sp³-hybridized carbons (Fsp3) is 0.121. The molecule has 232 valence electrons. The van der Waals surface area contributed by atoms with Gasteiger partial charge in [0.05, 0.1) is 27.8 Å². The van der Waals surface area contributed by atoms with Crippen molar-refractivity contribution in [1.29, 1.82) is 0 Å². The highest BCUT2D eigenvalue weighted by atomic mass is 32.2. The fourth-order valence-corrected chi connectivity index (χ4v) is 7.60. The van der Waals surface area contributed by atoms with Gasteiger partial charge in [-0.25, -0.2) is 16.8 Å². The zero-order chi connectivity index (χ0) is 32.0. The summed E-state index contributed by atoms with van der Waals surface area (Å²) in [5.41, 5.74) is 0.954. The van der Waals surface area contributed by atoms with E-state index in [9.17, 15) is 21.6 Å². The van der Waals surface area contributed by atoms with E-state index in [1.54, 1.807) is 55.5 Å². The predicted molar refractivity (Wildman–Crippen MR) is 180 cm³/mol. The number of para-hydroxylation sites is 2. The molecule has 0 spiro atoms. The molecule has 0 aliphatic rings. The van der Waals surface area contributed by atoms with Gasteiger partial charge in [0.25, 0.3) is 20.0 Å². The van der Waals surface area contributed by atoms with Crippen LogP contribution in [0.1, 0.15) is 6.92 Å². The molecule has 0 aliphatic heterocycles. The zero-order valence-corrected chi connectivity index (χ0v) is 27.0. The van der Waals surface area contributed by atoms with Crippen LogP contribution in [-0.4, -0.2) is 42.2 Å². The van der Waals surface area contributed by atoms with Crippen molar-refractivity contribution in [3.63, 3.8) is 0 Å². The number of hydrogen-bond donors (Lipinski definition) is 2. The van der Waals surface area contributed by atoms with E-state index in [4.69, 9.17) is 4.74 Å². The van der Waals surface area contributed by atoms with Gasteiger partial charge in [-0.3, -0.25) is 13.8 Å². The molecule has 0 bridgehead atoms. The van der Waals surface area contributed by atoms with Crippen LogP contribution in [0.3, 0.4) is 0 Å². The number of ether oxygens (including phenoxy) is 1. The Morgan fingerprint density at radius 1 is 0.778 bits per heavy atom. The van der Waals surface area contributed by atoms with Crippen LogP contribution in [-0.2, 0) is 24.8 Å². The Hall–Kier alpha value is -4.52. The molecule has 0 saturated carbocycles. The third-order valence-corrected chi connectivity index (χ3v) is 10.7. The van der Waals surface area contributed by atoms with Crippen LogP contribution in [0.25, 0.3) is 10.8 Å². The molecule has 0 fully saturated rings. The maximum absolute atomic E-state index is 13.9. The molecule has 0 heterocycles. The maximum Gasteiger partial charge on any atom is 0.264 e. The second-order valence-corrected chi connectivity index (χ2v) is 14.2. The van der Waals surface area contributed by atoms with Crippen molar-refractivity contribution in [2.75, 3.05) is 33.8 Å².